The van der Waals surface area contributed by atoms with Gasteiger partial charge in [-0.15, -0.1) is 23.5 Å². The number of hydrogen-bond acceptors (Lipinski definition) is 8. The number of aromatic hydroxyl groups is 2. The fourth-order valence-corrected chi connectivity index (χ4v) is 4.22. The molecule has 0 amide bonds. The zero-order valence-corrected chi connectivity index (χ0v) is 16.9. The van der Waals surface area contributed by atoms with Crippen LogP contribution < -0.4 is 11.3 Å². The summed E-state index contributed by atoms with van der Waals surface area (Å²) in [6, 6.07) is 10.5. The van der Waals surface area contributed by atoms with Crippen LogP contribution in [-0.4, -0.2) is 10.2 Å². The van der Waals surface area contributed by atoms with Crippen LogP contribution in [0.5, 0.6) is 11.5 Å². The summed E-state index contributed by atoms with van der Waals surface area (Å²) in [6.07, 6.45) is 0. The van der Waals surface area contributed by atoms with E-state index in [9.17, 15) is 19.8 Å². The highest BCUT2D eigenvalue weighted by molar-refractivity contribution is 7.98. The van der Waals surface area contributed by atoms with Gasteiger partial charge in [-0.1, -0.05) is 24.3 Å². The fraction of sp³-hybridized carbons (Fsp3) is 0.200. The lowest BCUT2D eigenvalue weighted by atomic mass is 10.2. The molecule has 2 aromatic heterocycles. The summed E-state index contributed by atoms with van der Waals surface area (Å²) in [5, 5.41) is 19.8. The first-order chi connectivity index (χ1) is 13.3. The topological polar surface area (TPSA) is 101 Å². The van der Waals surface area contributed by atoms with Crippen LogP contribution in [0.2, 0.25) is 0 Å². The van der Waals surface area contributed by atoms with E-state index in [1.807, 2.05) is 24.3 Å². The summed E-state index contributed by atoms with van der Waals surface area (Å²) in [4.78, 5) is 24.0. The SMILES string of the molecule is Cc1cc(O)c(SCc2ccc(CSc3c(O)cc(C)oc3=O)cc2)c(=O)o1. The van der Waals surface area contributed by atoms with Crippen molar-refractivity contribution in [2.45, 2.75) is 35.1 Å². The Labute approximate surface area is 169 Å². The van der Waals surface area contributed by atoms with Gasteiger partial charge in [0.2, 0.25) is 0 Å². The quantitative estimate of drug-likeness (QED) is 0.574. The van der Waals surface area contributed by atoms with Gasteiger partial charge in [0.1, 0.15) is 32.8 Å². The third-order valence-electron chi connectivity index (χ3n) is 3.81. The normalized spacial score (nSPS) is 10.9. The Morgan fingerprint density at radius 3 is 1.43 bits per heavy atom. The van der Waals surface area contributed by atoms with Crippen molar-refractivity contribution in [3.05, 3.63) is 79.9 Å². The first-order valence-electron chi connectivity index (χ1n) is 8.34. The second-order valence-electron chi connectivity index (χ2n) is 6.11. The van der Waals surface area contributed by atoms with E-state index in [-0.39, 0.29) is 21.3 Å². The monoisotopic (exact) mass is 418 g/mol. The molecule has 3 aromatic rings. The van der Waals surface area contributed by atoms with E-state index in [0.29, 0.717) is 23.0 Å². The lowest BCUT2D eigenvalue weighted by Crippen LogP contribution is -2.03. The van der Waals surface area contributed by atoms with Crippen molar-refractivity contribution in [3.8, 4) is 11.5 Å². The molecule has 0 bridgehead atoms. The van der Waals surface area contributed by atoms with Gasteiger partial charge in [-0.2, -0.15) is 0 Å². The Morgan fingerprint density at radius 2 is 1.11 bits per heavy atom. The maximum absolute atomic E-state index is 11.8. The second kappa shape index (κ2) is 8.62. The van der Waals surface area contributed by atoms with E-state index in [1.54, 1.807) is 13.8 Å². The van der Waals surface area contributed by atoms with Crippen LogP contribution in [0.25, 0.3) is 0 Å². The van der Waals surface area contributed by atoms with Crippen molar-refractivity contribution < 1.29 is 19.0 Å². The maximum atomic E-state index is 11.8. The molecule has 146 valence electrons. The van der Waals surface area contributed by atoms with Crippen molar-refractivity contribution in [1.29, 1.82) is 0 Å². The van der Waals surface area contributed by atoms with Gasteiger partial charge in [-0.05, 0) is 25.0 Å². The molecule has 6 nitrogen and oxygen atoms in total. The van der Waals surface area contributed by atoms with Crippen LogP contribution in [0.4, 0.5) is 0 Å². The van der Waals surface area contributed by atoms with E-state index in [1.165, 1.54) is 35.7 Å². The number of rotatable bonds is 6. The Balaban J connectivity index is 1.63. The van der Waals surface area contributed by atoms with Crippen LogP contribution in [0.3, 0.4) is 0 Å². The molecular formula is C20H18O6S2. The predicted molar refractivity (Wildman–Crippen MR) is 108 cm³/mol. The summed E-state index contributed by atoms with van der Waals surface area (Å²) in [7, 11) is 0. The minimum atomic E-state index is -0.549. The fourth-order valence-electron chi connectivity index (χ4n) is 2.48. The van der Waals surface area contributed by atoms with Gasteiger partial charge in [0.25, 0.3) is 0 Å². The molecular weight excluding hydrogens is 400 g/mol. The van der Waals surface area contributed by atoms with Crippen molar-refractivity contribution in [1.82, 2.24) is 0 Å². The van der Waals surface area contributed by atoms with Crippen molar-refractivity contribution in [2.24, 2.45) is 0 Å². The molecule has 0 spiro atoms. The first-order valence-corrected chi connectivity index (χ1v) is 10.3. The molecule has 2 heterocycles. The zero-order chi connectivity index (χ0) is 20.3. The Bertz CT molecular complexity index is 1010. The van der Waals surface area contributed by atoms with E-state index < -0.39 is 11.3 Å². The number of thioether (sulfide) groups is 2. The third-order valence-corrected chi connectivity index (χ3v) is 6.10. The summed E-state index contributed by atoms with van der Waals surface area (Å²) in [5.41, 5.74) is 0.839. The highest BCUT2D eigenvalue weighted by Crippen LogP contribution is 2.30. The Morgan fingerprint density at radius 1 is 0.750 bits per heavy atom. The standard InChI is InChI=1S/C20H18O6S2/c1-11-7-15(21)17(19(23)25-11)27-9-13-3-5-14(6-4-13)10-28-18-16(22)8-12(2)26-20(18)24/h3-8,21-22H,9-10H2,1-2H3. The molecule has 2 N–H and O–H groups in total. The minimum absolute atomic E-state index is 0.0801. The molecule has 0 saturated carbocycles. The van der Waals surface area contributed by atoms with Gasteiger partial charge < -0.3 is 19.0 Å². The van der Waals surface area contributed by atoms with Gasteiger partial charge in [0.05, 0.1) is 0 Å². The summed E-state index contributed by atoms with van der Waals surface area (Å²) < 4.78 is 10.0. The van der Waals surface area contributed by atoms with Crippen LogP contribution in [0.1, 0.15) is 22.6 Å². The third kappa shape index (κ3) is 4.82. The first kappa shape index (κ1) is 20.2. The van der Waals surface area contributed by atoms with Crippen molar-refractivity contribution >= 4 is 23.5 Å². The molecule has 8 heteroatoms. The lowest BCUT2D eigenvalue weighted by molar-refractivity contribution is 0.411. The molecule has 0 aliphatic carbocycles. The average Bonchev–Trinajstić information content (AvgIpc) is 2.61. The number of aryl methyl sites for hydroxylation is 2. The summed E-state index contributed by atoms with van der Waals surface area (Å²) in [6.45, 7) is 3.21. The lowest BCUT2D eigenvalue weighted by Gasteiger charge is -2.06. The van der Waals surface area contributed by atoms with Gasteiger partial charge in [0, 0.05) is 23.6 Å². The van der Waals surface area contributed by atoms with Crippen molar-refractivity contribution in [3.63, 3.8) is 0 Å². The molecule has 1 aromatic carbocycles. The van der Waals surface area contributed by atoms with Crippen LogP contribution in [0, 0.1) is 13.8 Å². The van der Waals surface area contributed by atoms with Gasteiger partial charge >= 0.3 is 11.3 Å². The number of hydrogen-bond donors (Lipinski definition) is 2. The van der Waals surface area contributed by atoms with Crippen LogP contribution in [-0.2, 0) is 11.5 Å². The zero-order valence-electron chi connectivity index (χ0n) is 15.2. The van der Waals surface area contributed by atoms with Gasteiger partial charge in [-0.3, -0.25) is 0 Å². The molecule has 0 atom stereocenters. The Hall–Kier alpha value is -2.58. The molecule has 0 aliphatic heterocycles. The molecule has 0 fully saturated rings. The molecule has 0 saturated heterocycles. The van der Waals surface area contributed by atoms with E-state index in [4.69, 9.17) is 8.83 Å². The average molecular weight is 418 g/mol. The number of benzene rings is 1. The molecule has 3 rings (SSSR count). The van der Waals surface area contributed by atoms with E-state index >= 15 is 0 Å². The summed E-state index contributed by atoms with van der Waals surface area (Å²) in [5.74, 6) is 1.56. The molecule has 28 heavy (non-hydrogen) atoms. The summed E-state index contributed by atoms with van der Waals surface area (Å²) >= 11 is 2.42. The maximum Gasteiger partial charge on any atom is 0.353 e. The minimum Gasteiger partial charge on any atom is -0.506 e. The van der Waals surface area contributed by atoms with Gasteiger partial charge in [-0.25, -0.2) is 9.59 Å². The smallest absolute Gasteiger partial charge is 0.353 e. The highest BCUT2D eigenvalue weighted by atomic mass is 32.2. The van der Waals surface area contributed by atoms with E-state index in [0.717, 1.165) is 11.1 Å². The Kier molecular flexibility index (Phi) is 6.21. The molecule has 0 radical (unpaired) electrons. The van der Waals surface area contributed by atoms with Crippen molar-refractivity contribution in [2.75, 3.05) is 0 Å². The van der Waals surface area contributed by atoms with Crippen LogP contribution in [0.15, 0.2) is 64.6 Å². The van der Waals surface area contributed by atoms with Gasteiger partial charge in [0.15, 0.2) is 0 Å². The molecule has 0 unspecified atom stereocenters. The predicted octanol–water partition coefficient (Wildman–Crippen LogP) is 4.21. The van der Waals surface area contributed by atoms with Crippen LogP contribution >= 0.6 is 23.5 Å². The van der Waals surface area contributed by atoms with E-state index in [2.05, 4.69) is 0 Å². The largest absolute Gasteiger partial charge is 0.506 e. The highest BCUT2D eigenvalue weighted by Gasteiger charge is 2.12. The second-order valence-corrected chi connectivity index (χ2v) is 8.08. The molecule has 0 aliphatic rings.